The van der Waals surface area contributed by atoms with Crippen molar-refractivity contribution in [2.75, 3.05) is 7.11 Å². The van der Waals surface area contributed by atoms with Crippen molar-refractivity contribution in [3.8, 4) is 5.75 Å². The van der Waals surface area contributed by atoms with E-state index in [2.05, 4.69) is 15.9 Å². The summed E-state index contributed by atoms with van der Waals surface area (Å²) in [4.78, 5) is 0.00889. The SMILES string of the molecule is COc1ccc(C(Br)c2cc(Cl)ccc2Cl)cc1. The molecule has 2 aromatic carbocycles. The number of benzene rings is 2. The van der Waals surface area contributed by atoms with Crippen molar-refractivity contribution in [3.05, 3.63) is 63.6 Å². The van der Waals surface area contributed by atoms with E-state index in [1.165, 1.54) is 0 Å². The first-order chi connectivity index (χ1) is 8.61. The highest BCUT2D eigenvalue weighted by Crippen LogP contribution is 2.37. The first kappa shape index (κ1) is 13.7. The fourth-order valence-corrected chi connectivity index (χ4v) is 2.88. The van der Waals surface area contributed by atoms with E-state index in [0.717, 1.165) is 16.9 Å². The van der Waals surface area contributed by atoms with E-state index in [4.69, 9.17) is 27.9 Å². The number of ether oxygens (including phenoxy) is 1. The van der Waals surface area contributed by atoms with Crippen molar-refractivity contribution < 1.29 is 4.74 Å². The Kier molecular flexibility index (Phi) is 4.55. The maximum atomic E-state index is 6.19. The maximum absolute atomic E-state index is 6.19. The molecule has 0 saturated carbocycles. The van der Waals surface area contributed by atoms with Crippen LogP contribution in [0.5, 0.6) is 5.75 Å². The van der Waals surface area contributed by atoms with Crippen molar-refractivity contribution in [1.82, 2.24) is 0 Å². The minimum Gasteiger partial charge on any atom is -0.497 e. The molecule has 1 atom stereocenters. The summed E-state index contributed by atoms with van der Waals surface area (Å²) in [6.07, 6.45) is 0. The standard InChI is InChI=1S/C14H11BrCl2O/c1-18-11-5-2-9(3-6-11)14(15)12-8-10(16)4-7-13(12)17/h2-8,14H,1H3. The average molecular weight is 346 g/mol. The van der Waals surface area contributed by atoms with E-state index < -0.39 is 0 Å². The Balaban J connectivity index is 2.34. The van der Waals surface area contributed by atoms with Crippen molar-refractivity contribution in [3.63, 3.8) is 0 Å². The quantitative estimate of drug-likeness (QED) is 0.668. The Bertz CT molecular complexity index is 540. The Morgan fingerprint density at radius 1 is 1.06 bits per heavy atom. The van der Waals surface area contributed by atoms with Gasteiger partial charge in [-0.2, -0.15) is 0 Å². The number of alkyl halides is 1. The summed E-state index contributed by atoms with van der Waals surface area (Å²) in [6, 6.07) is 13.3. The monoisotopic (exact) mass is 344 g/mol. The molecule has 0 aromatic heterocycles. The topological polar surface area (TPSA) is 9.23 Å². The molecule has 0 saturated heterocycles. The molecule has 0 heterocycles. The van der Waals surface area contributed by atoms with Crippen molar-refractivity contribution in [1.29, 1.82) is 0 Å². The van der Waals surface area contributed by atoms with Gasteiger partial charge in [-0.25, -0.2) is 0 Å². The molecule has 0 fully saturated rings. The van der Waals surface area contributed by atoms with E-state index in [1.807, 2.05) is 30.3 Å². The first-order valence-corrected chi connectivity index (χ1v) is 7.02. The predicted molar refractivity (Wildman–Crippen MR) is 80.2 cm³/mol. The fourth-order valence-electron chi connectivity index (χ4n) is 1.66. The second kappa shape index (κ2) is 5.96. The molecule has 0 spiro atoms. The number of hydrogen-bond donors (Lipinski definition) is 0. The van der Waals surface area contributed by atoms with Crippen molar-refractivity contribution in [2.45, 2.75) is 4.83 Å². The summed E-state index contributed by atoms with van der Waals surface area (Å²) < 4.78 is 5.13. The van der Waals surface area contributed by atoms with Crippen molar-refractivity contribution >= 4 is 39.1 Å². The molecule has 0 bridgehead atoms. The van der Waals surface area contributed by atoms with Gasteiger partial charge < -0.3 is 4.74 Å². The molecule has 0 aliphatic carbocycles. The number of halogens is 3. The van der Waals surface area contributed by atoms with Crippen LogP contribution in [0.1, 0.15) is 16.0 Å². The summed E-state index contributed by atoms with van der Waals surface area (Å²) in [5.41, 5.74) is 2.05. The van der Waals surface area contributed by atoms with Crippen LogP contribution < -0.4 is 4.74 Å². The van der Waals surface area contributed by atoms with Gasteiger partial charge >= 0.3 is 0 Å². The second-order valence-electron chi connectivity index (χ2n) is 3.80. The van der Waals surface area contributed by atoms with E-state index >= 15 is 0 Å². The molecule has 1 unspecified atom stereocenters. The predicted octanol–water partition coefficient (Wildman–Crippen LogP) is 5.49. The molecule has 18 heavy (non-hydrogen) atoms. The molecule has 0 aliphatic heterocycles. The maximum Gasteiger partial charge on any atom is 0.118 e. The molecule has 2 rings (SSSR count). The molecule has 94 valence electrons. The van der Waals surface area contributed by atoms with Gasteiger partial charge in [-0.3, -0.25) is 0 Å². The number of rotatable bonds is 3. The van der Waals surface area contributed by atoms with Crippen LogP contribution in [0.15, 0.2) is 42.5 Å². The van der Waals surface area contributed by atoms with Crippen LogP contribution in [0.25, 0.3) is 0 Å². The zero-order valence-corrected chi connectivity index (χ0v) is 12.8. The fraction of sp³-hybridized carbons (Fsp3) is 0.143. The molecular formula is C14H11BrCl2O. The van der Waals surface area contributed by atoms with Crippen LogP contribution in [0, 0.1) is 0 Å². The molecule has 1 nitrogen and oxygen atoms in total. The van der Waals surface area contributed by atoms with Gasteiger partial charge in [-0.15, -0.1) is 0 Å². The lowest BCUT2D eigenvalue weighted by Crippen LogP contribution is -1.94. The van der Waals surface area contributed by atoms with Crippen LogP contribution in [0.3, 0.4) is 0 Å². The zero-order valence-electron chi connectivity index (χ0n) is 9.66. The first-order valence-electron chi connectivity index (χ1n) is 5.35. The van der Waals surface area contributed by atoms with E-state index in [-0.39, 0.29) is 4.83 Å². The van der Waals surface area contributed by atoms with E-state index in [1.54, 1.807) is 19.2 Å². The Morgan fingerprint density at radius 2 is 1.72 bits per heavy atom. The van der Waals surface area contributed by atoms with Gasteiger partial charge in [0.05, 0.1) is 11.9 Å². The minimum absolute atomic E-state index is 0.00889. The normalized spacial score (nSPS) is 12.2. The van der Waals surface area contributed by atoms with Crippen LogP contribution in [0.2, 0.25) is 10.0 Å². The lowest BCUT2D eigenvalue weighted by Gasteiger charge is -2.13. The molecular weight excluding hydrogens is 335 g/mol. The van der Waals surface area contributed by atoms with Crippen LogP contribution in [0.4, 0.5) is 0 Å². The summed E-state index contributed by atoms with van der Waals surface area (Å²) in [6.45, 7) is 0. The van der Waals surface area contributed by atoms with Gasteiger partial charge in [0.1, 0.15) is 5.75 Å². The van der Waals surface area contributed by atoms with Crippen molar-refractivity contribution in [2.24, 2.45) is 0 Å². The summed E-state index contributed by atoms with van der Waals surface area (Å²) in [7, 11) is 1.65. The lowest BCUT2D eigenvalue weighted by atomic mass is 10.0. The van der Waals surface area contributed by atoms with Gasteiger partial charge in [0.2, 0.25) is 0 Å². The molecule has 0 N–H and O–H groups in total. The Labute approximate surface area is 125 Å². The Morgan fingerprint density at radius 3 is 2.33 bits per heavy atom. The number of hydrogen-bond acceptors (Lipinski definition) is 1. The lowest BCUT2D eigenvalue weighted by molar-refractivity contribution is 0.414. The largest absolute Gasteiger partial charge is 0.497 e. The second-order valence-corrected chi connectivity index (χ2v) is 5.56. The van der Waals surface area contributed by atoms with Gasteiger partial charge in [0.15, 0.2) is 0 Å². The molecule has 2 aromatic rings. The summed E-state index contributed by atoms with van der Waals surface area (Å²) >= 11 is 15.8. The van der Waals surface area contributed by atoms with Gasteiger partial charge in [-0.1, -0.05) is 51.3 Å². The van der Waals surface area contributed by atoms with E-state index in [9.17, 15) is 0 Å². The third-order valence-corrected chi connectivity index (χ3v) is 4.24. The minimum atomic E-state index is 0.00889. The average Bonchev–Trinajstić information content (AvgIpc) is 2.41. The molecule has 0 aliphatic rings. The smallest absolute Gasteiger partial charge is 0.118 e. The number of methoxy groups -OCH3 is 1. The Hall–Kier alpha value is -0.700. The van der Waals surface area contributed by atoms with Gasteiger partial charge in [-0.05, 0) is 41.5 Å². The third kappa shape index (κ3) is 3.00. The summed E-state index contributed by atoms with van der Waals surface area (Å²) in [5, 5.41) is 1.37. The van der Waals surface area contributed by atoms with E-state index in [0.29, 0.717) is 10.0 Å². The van der Waals surface area contributed by atoms with Crippen LogP contribution >= 0.6 is 39.1 Å². The highest BCUT2D eigenvalue weighted by molar-refractivity contribution is 9.09. The zero-order chi connectivity index (χ0) is 13.1. The molecule has 4 heteroatoms. The van der Waals surface area contributed by atoms with Gasteiger partial charge in [0.25, 0.3) is 0 Å². The van der Waals surface area contributed by atoms with Gasteiger partial charge in [0, 0.05) is 10.0 Å². The molecule has 0 radical (unpaired) electrons. The van der Waals surface area contributed by atoms with Crippen LogP contribution in [-0.4, -0.2) is 7.11 Å². The molecule has 0 amide bonds. The highest BCUT2D eigenvalue weighted by atomic mass is 79.9. The summed E-state index contributed by atoms with van der Waals surface area (Å²) in [5.74, 6) is 0.829. The van der Waals surface area contributed by atoms with Crippen LogP contribution in [-0.2, 0) is 0 Å². The third-order valence-electron chi connectivity index (χ3n) is 2.64. The highest BCUT2D eigenvalue weighted by Gasteiger charge is 2.14.